The number of rotatable bonds is 3. The Balaban J connectivity index is 2.80. The Morgan fingerprint density at radius 3 is 2.26 bits per heavy atom. The number of ether oxygens (including phenoxy) is 1. The molecule has 1 N–H and O–H groups in total. The Kier molecular flexibility index (Phi) is 6.32. The maximum Gasteiger partial charge on any atom is 0.410 e. The van der Waals surface area contributed by atoms with Crippen molar-refractivity contribution < 1.29 is 19.1 Å². The van der Waals surface area contributed by atoms with E-state index in [1.807, 2.05) is 20.8 Å². The van der Waals surface area contributed by atoms with Gasteiger partial charge in [-0.15, -0.1) is 0 Å². The van der Waals surface area contributed by atoms with Crippen molar-refractivity contribution in [2.24, 2.45) is 0 Å². The van der Waals surface area contributed by atoms with E-state index in [9.17, 15) is 9.90 Å². The molecule has 1 rings (SSSR count). The van der Waals surface area contributed by atoms with Crippen molar-refractivity contribution in [3.63, 3.8) is 0 Å². The largest absolute Gasteiger partial charge is 0.444 e. The maximum absolute atomic E-state index is 12.4. The van der Waals surface area contributed by atoms with Gasteiger partial charge in [0.25, 0.3) is 0 Å². The van der Waals surface area contributed by atoms with E-state index in [0.29, 0.717) is 19.6 Å². The second kappa shape index (κ2) is 7.11. The zero-order chi connectivity index (χ0) is 18.1. The lowest BCUT2D eigenvalue weighted by Gasteiger charge is -2.42. The molecular weight excluding hydrogens is 310 g/mol. The van der Waals surface area contributed by atoms with Crippen molar-refractivity contribution in [2.45, 2.75) is 90.3 Å². The van der Waals surface area contributed by atoms with Crippen LogP contribution < -0.4 is 0 Å². The molecule has 1 saturated heterocycles. The average Bonchev–Trinajstić information content (AvgIpc) is 2.33. The van der Waals surface area contributed by atoms with Gasteiger partial charge in [-0.3, -0.25) is 0 Å². The van der Waals surface area contributed by atoms with Crippen molar-refractivity contribution in [3.05, 3.63) is 0 Å². The van der Waals surface area contributed by atoms with Crippen LogP contribution in [-0.2, 0) is 9.16 Å². The molecule has 0 bridgehead atoms. The molecule has 1 heterocycles. The Bertz CT molecular complexity index is 412. The number of carbonyl (C=O) groups is 1. The molecule has 136 valence electrons. The predicted octanol–water partition coefficient (Wildman–Crippen LogP) is 3.77. The van der Waals surface area contributed by atoms with Crippen LogP contribution in [0.4, 0.5) is 4.79 Å². The fourth-order valence-electron chi connectivity index (χ4n) is 2.30. The fraction of sp³-hybridized carbons (Fsp3) is 0.941. The maximum atomic E-state index is 12.4. The number of carbonyl (C=O) groups excluding carboxylic acids is 1. The third kappa shape index (κ3) is 5.76. The van der Waals surface area contributed by atoms with Gasteiger partial charge in [0.05, 0.1) is 18.8 Å². The minimum atomic E-state index is -1.92. The molecule has 1 aliphatic heterocycles. The Labute approximate surface area is 142 Å². The Morgan fingerprint density at radius 1 is 1.22 bits per heavy atom. The van der Waals surface area contributed by atoms with E-state index >= 15 is 0 Å². The summed E-state index contributed by atoms with van der Waals surface area (Å²) >= 11 is 0. The van der Waals surface area contributed by atoms with Crippen LogP contribution in [0.1, 0.15) is 54.4 Å². The Morgan fingerprint density at radius 2 is 1.78 bits per heavy atom. The number of likely N-dealkylation sites (tertiary alicyclic amines) is 1. The predicted molar refractivity (Wildman–Crippen MR) is 95.1 cm³/mol. The molecule has 0 aromatic carbocycles. The smallest absolute Gasteiger partial charge is 0.410 e. The SMILES string of the molecule is CC(C)(C)OC(=O)N1CCCC(O)C1CO[Si](C)(C)C(C)(C)C. The first-order chi connectivity index (χ1) is 10.2. The number of aliphatic hydroxyl groups is 1. The molecule has 6 heteroatoms. The molecule has 1 aliphatic rings. The summed E-state index contributed by atoms with van der Waals surface area (Å²) in [5, 5.41) is 10.5. The van der Waals surface area contributed by atoms with E-state index in [1.54, 1.807) is 4.90 Å². The highest BCUT2D eigenvalue weighted by molar-refractivity contribution is 6.74. The first kappa shape index (κ1) is 20.5. The van der Waals surface area contributed by atoms with E-state index in [2.05, 4.69) is 33.9 Å². The summed E-state index contributed by atoms with van der Waals surface area (Å²) in [5.74, 6) is 0. The lowest BCUT2D eigenvalue weighted by molar-refractivity contribution is -0.0355. The van der Waals surface area contributed by atoms with Crippen LogP contribution >= 0.6 is 0 Å². The van der Waals surface area contributed by atoms with Gasteiger partial charge in [0, 0.05) is 6.54 Å². The molecule has 0 saturated carbocycles. The van der Waals surface area contributed by atoms with Crippen molar-refractivity contribution in [2.75, 3.05) is 13.2 Å². The minimum absolute atomic E-state index is 0.101. The van der Waals surface area contributed by atoms with Crippen LogP contribution in [0.3, 0.4) is 0 Å². The molecule has 0 spiro atoms. The van der Waals surface area contributed by atoms with Gasteiger partial charge < -0.3 is 19.2 Å². The van der Waals surface area contributed by atoms with Gasteiger partial charge in [0.15, 0.2) is 8.32 Å². The van der Waals surface area contributed by atoms with Crippen LogP contribution in [-0.4, -0.2) is 55.3 Å². The number of nitrogens with zero attached hydrogens (tertiary/aromatic N) is 1. The van der Waals surface area contributed by atoms with E-state index < -0.39 is 20.0 Å². The molecule has 1 amide bonds. The van der Waals surface area contributed by atoms with Crippen LogP contribution in [0.2, 0.25) is 18.1 Å². The fourth-order valence-corrected chi connectivity index (χ4v) is 3.32. The van der Waals surface area contributed by atoms with Crippen molar-refractivity contribution in [1.29, 1.82) is 0 Å². The molecular formula is C17H35NO4Si. The highest BCUT2D eigenvalue weighted by atomic mass is 28.4. The lowest BCUT2D eigenvalue weighted by atomic mass is 10.00. The summed E-state index contributed by atoms with van der Waals surface area (Å²) in [4.78, 5) is 14.1. The molecule has 0 radical (unpaired) electrons. The first-order valence-electron chi connectivity index (χ1n) is 8.56. The first-order valence-corrected chi connectivity index (χ1v) is 11.5. The molecule has 2 unspecified atom stereocenters. The highest BCUT2D eigenvalue weighted by Crippen LogP contribution is 2.37. The third-order valence-corrected chi connectivity index (χ3v) is 9.29. The number of hydrogen-bond acceptors (Lipinski definition) is 4. The second-order valence-electron chi connectivity index (χ2n) is 9.02. The molecule has 5 nitrogen and oxygen atoms in total. The highest BCUT2D eigenvalue weighted by Gasteiger charge is 2.41. The average molecular weight is 346 g/mol. The van der Waals surface area contributed by atoms with Crippen LogP contribution in [0.25, 0.3) is 0 Å². The van der Waals surface area contributed by atoms with Gasteiger partial charge in [-0.2, -0.15) is 0 Å². The molecule has 0 aliphatic carbocycles. The van der Waals surface area contributed by atoms with Gasteiger partial charge in [-0.25, -0.2) is 4.79 Å². The van der Waals surface area contributed by atoms with Crippen LogP contribution in [0.5, 0.6) is 0 Å². The van der Waals surface area contributed by atoms with Crippen molar-refractivity contribution >= 4 is 14.4 Å². The quantitative estimate of drug-likeness (QED) is 0.791. The van der Waals surface area contributed by atoms with Gasteiger partial charge in [-0.05, 0) is 51.7 Å². The van der Waals surface area contributed by atoms with Gasteiger partial charge in [0.1, 0.15) is 5.60 Å². The number of hydrogen-bond donors (Lipinski definition) is 1. The zero-order valence-electron chi connectivity index (χ0n) is 16.1. The molecule has 2 atom stereocenters. The van der Waals surface area contributed by atoms with Gasteiger partial charge >= 0.3 is 6.09 Å². The molecule has 23 heavy (non-hydrogen) atoms. The summed E-state index contributed by atoms with van der Waals surface area (Å²) in [5.41, 5.74) is -0.537. The van der Waals surface area contributed by atoms with E-state index in [-0.39, 0.29) is 17.2 Å². The minimum Gasteiger partial charge on any atom is -0.444 e. The van der Waals surface area contributed by atoms with Crippen molar-refractivity contribution in [3.8, 4) is 0 Å². The monoisotopic (exact) mass is 345 g/mol. The Hall–Kier alpha value is -0.593. The molecule has 1 fully saturated rings. The number of piperidine rings is 1. The van der Waals surface area contributed by atoms with E-state index in [1.165, 1.54) is 0 Å². The van der Waals surface area contributed by atoms with Crippen molar-refractivity contribution in [1.82, 2.24) is 4.90 Å². The lowest BCUT2D eigenvalue weighted by Crippen LogP contribution is -2.56. The van der Waals surface area contributed by atoms with E-state index in [4.69, 9.17) is 9.16 Å². The van der Waals surface area contributed by atoms with Crippen LogP contribution in [0.15, 0.2) is 0 Å². The topological polar surface area (TPSA) is 59.0 Å². The standard InChI is InChI=1S/C17H35NO4Si/c1-16(2,3)22-15(20)18-11-9-10-14(19)13(18)12-21-23(7,8)17(4,5)6/h13-14,19H,9-12H2,1-8H3. The van der Waals surface area contributed by atoms with Crippen LogP contribution in [0, 0.1) is 0 Å². The summed E-state index contributed by atoms with van der Waals surface area (Å²) in [6.07, 6.45) is 0.572. The number of aliphatic hydroxyl groups excluding tert-OH is 1. The zero-order valence-corrected chi connectivity index (χ0v) is 17.1. The number of amides is 1. The molecule has 0 aromatic rings. The summed E-state index contributed by atoms with van der Waals surface area (Å²) in [6.45, 7) is 17.5. The second-order valence-corrected chi connectivity index (χ2v) is 13.8. The summed E-state index contributed by atoms with van der Waals surface area (Å²) in [7, 11) is -1.92. The van der Waals surface area contributed by atoms with Gasteiger partial charge in [-0.1, -0.05) is 20.8 Å². The summed E-state index contributed by atoms with van der Waals surface area (Å²) < 4.78 is 11.7. The normalized spacial score (nSPS) is 23.8. The van der Waals surface area contributed by atoms with E-state index in [0.717, 1.165) is 6.42 Å². The summed E-state index contributed by atoms with van der Waals surface area (Å²) in [6, 6.07) is -0.326. The molecule has 0 aromatic heterocycles. The van der Waals surface area contributed by atoms with Gasteiger partial charge in [0.2, 0.25) is 0 Å². The third-order valence-electron chi connectivity index (χ3n) is 4.79.